The number of nitrogens with one attached hydrogen (secondary N) is 2. The summed E-state index contributed by atoms with van der Waals surface area (Å²) < 4.78 is 17.4. The maximum Gasteiger partial charge on any atom is 0.257 e. The Kier molecular flexibility index (Phi) is 8.20. The predicted molar refractivity (Wildman–Crippen MR) is 168 cm³/mol. The number of carbonyl (C=O) groups is 1. The number of benzene rings is 4. The van der Waals surface area contributed by atoms with Crippen molar-refractivity contribution in [3.05, 3.63) is 112 Å². The number of ether oxygens (including phenoxy) is 3. The lowest BCUT2D eigenvalue weighted by Crippen LogP contribution is -2.11. The summed E-state index contributed by atoms with van der Waals surface area (Å²) in [6, 6.07) is 27.2. The minimum Gasteiger partial charge on any atom is -0.493 e. The fourth-order valence-corrected chi connectivity index (χ4v) is 5.37. The fraction of sp³-hybridized carbons (Fsp3) is 0.147. The van der Waals surface area contributed by atoms with Crippen molar-refractivity contribution < 1.29 is 19.0 Å². The smallest absolute Gasteiger partial charge is 0.257 e. The molecule has 1 amide bonds. The second kappa shape index (κ2) is 12.7. The molecule has 0 aliphatic carbocycles. The fourth-order valence-electron chi connectivity index (χ4n) is 4.83. The molecule has 5 aromatic rings. The van der Waals surface area contributed by atoms with Crippen LogP contribution in [0.25, 0.3) is 11.1 Å². The maximum absolute atomic E-state index is 13.2. The Labute approximate surface area is 253 Å². The van der Waals surface area contributed by atoms with E-state index in [1.807, 2.05) is 84.2 Å². The van der Waals surface area contributed by atoms with Crippen LogP contribution in [0, 0.1) is 11.3 Å². The van der Waals surface area contributed by atoms with Crippen LogP contribution >= 0.6 is 11.3 Å². The van der Waals surface area contributed by atoms with Crippen LogP contribution in [0.3, 0.4) is 0 Å². The largest absolute Gasteiger partial charge is 0.493 e. The molecule has 0 radical (unpaired) electrons. The van der Waals surface area contributed by atoms with Crippen LogP contribution in [0.2, 0.25) is 0 Å². The predicted octanol–water partition coefficient (Wildman–Crippen LogP) is 7.39. The highest BCUT2D eigenvalue weighted by Crippen LogP contribution is 2.38. The molecule has 0 atom stereocenters. The number of thiazole rings is 1. The Morgan fingerprint density at radius 1 is 0.837 bits per heavy atom. The van der Waals surface area contributed by atoms with Crippen LogP contribution < -0.4 is 24.8 Å². The summed E-state index contributed by atoms with van der Waals surface area (Å²) in [6.45, 7) is 0.850. The monoisotopic (exact) mass is 588 g/mol. The molecule has 0 fully saturated rings. The highest BCUT2D eigenvalue weighted by molar-refractivity contribution is 7.07. The van der Waals surface area contributed by atoms with Crippen molar-refractivity contribution in [2.75, 3.05) is 24.4 Å². The van der Waals surface area contributed by atoms with Gasteiger partial charge in [-0.15, -0.1) is 11.3 Å². The molecule has 43 heavy (non-hydrogen) atoms. The summed E-state index contributed by atoms with van der Waals surface area (Å²) in [4.78, 5) is 17.4. The van der Waals surface area contributed by atoms with E-state index in [4.69, 9.17) is 19.5 Å². The molecule has 2 heterocycles. The first kappa shape index (κ1) is 27.8. The van der Waals surface area contributed by atoms with E-state index in [9.17, 15) is 4.79 Å². The highest BCUT2D eigenvalue weighted by atomic mass is 32.1. The topological polar surface area (TPSA) is 106 Å². The van der Waals surface area contributed by atoms with Gasteiger partial charge in [0, 0.05) is 11.8 Å². The summed E-state index contributed by atoms with van der Waals surface area (Å²) in [6.07, 6.45) is 1.05. The molecule has 1 aromatic heterocycles. The Hall–Kier alpha value is -5.33. The van der Waals surface area contributed by atoms with Gasteiger partial charge in [-0.2, -0.15) is 5.26 Å². The number of aromatic nitrogens is 1. The van der Waals surface area contributed by atoms with Gasteiger partial charge in [0.15, 0.2) is 11.5 Å². The first-order chi connectivity index (χ1) is 21.1. The van der Waals surface area contributed by atoms with Crippen molar-refractivity contribution in [3.63, 3.8) is 0 Å². The van der Waals surface area contributed by atoms with Gasteiger partial charge in [-0.3, -0.25) is 4.79 Å². The van der Waals surface area contributed by atoms with Gasteiger partial charge in [0.25, 0.3) is 5.91 Å². The molecule has 9 heteroatoms. The Balaban J connectivity index is 1.15. The summed E-state index contributed by atoms with van der Waals surface area (Å²) in [5, 5.41) is 17.3. The molecule has 4 aromatic carbocycles. The number of nitrogens with zero attached hydrogens (tertiary/aromatic N) is 2. The maximum atomic E-state index is 13.2. The third-order valence-electron chi connectivity index (χ3n) is 7.09. The SMILES string of the molecule is COc1cc(-c2ccc3c(c2)Nc2ccc(CCOc4ccc(CC#N)cc4)cc2NC3=O)ccc1OCc1cscn1. The van der Waals surface area contributed by atoms with Gasteiger partial charge in [-0.1, -0.05) is 30.3 Å². The van der Waals surface area contributed by atoms with E-state index in [1.54, 1.807) is 12.6 Å². The van der Waals surface area contributed by atoms with Gasteiger partial charge >= 0.3 is 0 Å². The number of hydrogen-bond acceptors (Lipinski definition) is 8. The van der Waals surface area contributed by atoms with Gasteiger partial charge < -0.3 is 24.8 Å². The number of rotatable bonds is 10. The number of fused-ring (bicyclic) bond motifs is 2. The molecule has 0 unspecified atom stereocenters. The zero-order valence-electron chi connectivity index (χ0n) is 23.4. The van der Waals surface area contributed by atoms with E-state index >= 15 is 0 Å². The van der Waals surface area contributed by atoms with E-state index in [2.05, 4.69) is 21.7 Å². The molecule has 214 valence electrons. The van der Waals surface area contributed by atoms with Gasteiger partial charge in [0.1, 0.15) is 12.4 Å². The lowest BCUT2D eigenvalue weighted by atomic mass is 10.0. The zero-order chi connectivity index (χ0) is 29.6. The van der Waals surface area contributed by atoms with Crippen LogP contribution in [0.5, 0.6) is 17.2 Å². The Morgan fingerprint density at radius 2 is 1.65 bits per heavy atom. The lowest BCUT2D eigenvalue weighted by Gasteiger charge is -2.14. The minimum absolute atomic E-state index is 0.179. The number of hydrogen-bond donors (Lipinski definition) is 2. The molecular formula is C34H28N4O4S. The number of carbonyl (C=O) groups excluding carboxylic acids is 1. The van der Waals surface area contributed by atoms with E-state index in [1.165, 1.54) is 11.3 Å². The average molecular weight is 589 g/mol. The van der Waals surface area contributed by atoms with Crippen LogP contribution in [0.15, 0.2) is 89.8 Å². The quantitative estimate of drug-likeness (QED) is 0.175. The molecule has 0 saturated heterocycles. The number of anilines is 3. The molecule has 0 bridgehead atoms. The van der Waals surface area contributed by atoms with Crippen molar-refractivity contribution in [3.8, 4) is 34.4 Å². The van der Waals surface area contributed by atoms with Crippen molar-refractivity contribution in [2.45, 2.75) is 19.4 Å². The third kappa shape index (κ3) is 6.45. The van der Waals surface area contributed by atoms with Crippen LogP contribution in [0.1, 0.15) is 27.2 Å². The molecule has 1 aliphatic heterocycles. The summed E-state index contributed by atoms with van der Waals surface area (Å²) >= 11 is 1.53. The van der Waals surface area contributed by atoms with E-state index in [0.717, 1.165) is 39.4 Å². The molecule has 1 aliphatic rings. The first-order valence-electron chi connectivity index (χ1n) is 13.7. The van der Waals surface area contributed by atoms with E-state index in [-0.39, 0.29) is 5.91 Å². The van der Waals surface area contributed by atoms with Gasteiger partial charge in [0.2, 0.25) is 0 Å². The standard InChI is InChI=1S/C34H28N4O4S/c1-40-33-18-25(6-11-32(33)42-19-26-20-43-21-36-26)24-5-9-28-30(17-24)37-29-10-4-23(16-31(29)38-34(28)39)13-15-41-27-7-2-22(3-8-27)12-14-35/h2-11,16-18,20-21,37H,12-13,15,19H2,1H3,(H,38,39). The second-order valence-electron chi connectivity index (χ2n) is 9.93. The Bertz CT molecular complexity index is 1800. The van der Waals surface area contributed by atoms with Gasteiger partial charge in [0.05, 0.1) is 60.0 Å². The molecule has 0 spiro atoms. The lowest BCUT2D eigenvalue weighted by molar-refractivity contribution is 0.102. The summed E-state index contributed by atoms with van der Waals surface area (Å²) in [7, 11) is 1.62. The van der Waals surface area contributed by atoms with Gasteiger partial charge in [-0.25, -0.2) is 4.98 Å². The van der Waals surface area contributed by atoms with E-state index < -0.39 is 0 Å². The summed E-state index contributed by atoms with van der Waals surface area (Å²) in [5.74, 6) is 1.83. The van der Waals surface area contributed by atoms with Crippen molar-refractivity contribution in [2.24, 2.45) is 0 Å². The van der Waals surface area contributed by atoms with Crippen molar-refractivity contribution >= 4 is 34.3 Å². The van der Waals surface area contributed by atoms with Crippen LogP contribution in [0.4, 0.5) is 17.1 Å². The van der Waals surface area contributed by atoms with Crippen LogP contribution in [-0.4, -0.2) is 24.6 Å². The summed E-state index contributed by atoms with van der Waals surface area (Å²) in [5.41, 5.74) is 9.30. The number of amides is 1. The number of methoxy groups -OCH3 is 1. The van der Waals surface area contributed by atoms with Gasteiger partial charge in [-0.05, 0) is 70.8 Å². The first-order valence-corrected chi connectivity index (χ1v) is 14.7. The highest BCUT2D eigenvalue weighted by Gasteiger charge is 2.20. The normalized spacial score (nSPS) is 11.7. The molecule has 8 nitrogen and oxygen atoms in total. The third-order valence-corrected chi connectivity index (χ3v) is 7.72. The van der Waals surface area contributed by atoms with Crippen LogP contribution in [-0.2, 0) is 19.4 Å². The zero-order valence-corrected chi connectivity index (χ0v) is 24.2. The molecule has 2 N–H and O–H groups in total. The molecular weight excluding hydrogens is 560 g/mol. The number of nitriles is 1. The molecule has 0 saturated carbocycles. The van der Waals surface area contributed by atoms with Crippen molar-refractivity contribution in [1.82, 2.24) is 4.98 Å². The molecule has 6 rings (SSSR count). The average Bonchev–Trinajstić information content (AvgIpc) is 3.51. The van der Waals surface area contributed by atoms with E-state index in [0.29, 0.717) is 54.5 Å². The Morgan fingerprint density at radius 3 is 2.44 bits per heavy atom. The van der Waals surface area contributed by atoms with Crippen molar-refractivity contribution in [1.29, 1.82) is 5.26 Å². The minimum atomic E-state index is -0.179. The second-order valence-corrected chi connectivity index (χ2v) is 10.6.